The van der Waals surface area contributed by atoms with Crippen LogP contribution in [0, 0.1) is 0 Å². The van der Waals surface area contributed by atoms with Crippen LogP contribution in [0.4, 0.5) is 0 Å². The lowest BCUT2D eigenvalue weighted by Crippen LogP contribution is -2.02. The number of ether oxygens (including phenoxy) is 1. The molecular formula is C15H13N3O3. The minimum Gasteiger partial charge on any atom is -0.439 e. The maximum absolute atomic E-state index is 11.5. The summed E-state index contributed by atoms with van der Waals surface area (Å²) in [6.07, 6.45) is 3.07. The SMILES string of the molecule is CC(=O)n1ccc2cc(Oc3cc(CO)ncn3)ccc21. The molecule has 2 heterocycles. The topological polar surface area (TPSA) is 77.2 Å². The lowest BCUT2D eigenvalue weighted by atomic mass is 10.2. The molecule has 3 aromatic rings. The van der Waals surface area contributed by atoms with E-state index in [9.17, 15) is 4.79 Å². The number of hydrogen-bond donors (Lipinski definition) is 1. The second kappa shape index (κ2) is 5.34. The summed E-state index contributed by atoms with van der Waals surface area (Å²) < 4.78 is 7.22. The Bertz CT molecular complexity index is 811. The Labute approximate surface area is 120 Å². The molecule has 0 atom stereocenters. The lowest BCUT2D eigenvalue weighted by molar-refractivity contribution is 0.0941. The highest BCUT2D eigenvalue weighted by molar-refractivity contribution is 5.92. The first kappa shape index (κ1) is 13.3. The average Bonchev–Trinajstić information content (AvgIpc) is 2.90. The van der Waals surface area contributed by atoms with E-state index in [0.29, 0.717) is 17.3 Å². The van der Waals surface area contributed by atoms with Crippen molar-refractivity contribution in [2.75, 3.05) is 0 Å². The van der Waals surface area contributed by atoms with E-state index in [4.69, 9.17) is 9.84 Å². The molecular weight excluding hydrogens is 270 g/mol. The van der Waals surface area contributed by atoms with Gasteiger partial charge in [0.25, 0.3) is 0 Å². The maximum atomic E-state index is 11.5. The van der Waals surface area contributed by atoms with Crippen molar-refractivity contribution in [2.45, 2.75) is 13.5 Å². The van der Waals surface area contributed by atoms with Crippen molar-refractivity contribution in [3.8, 4) is 11.6 Å². The highest BCUT2D eigenvalue weighted by Crippen LogP contribution is 2.25. The molecule has 1 aromatic carbocycles. The summed E-state index contributed by atoms with van der Waals surface area (Å²) in [5, 5.41) is 9.95. The van der Waals surface area contributed by atoms with Gasteiger partial charge in [-0.1, -0.05) is 0 Å². The molecule has 0 unspecified atom stereocenters. The molecule has 21 heavy (non-hydrogen) atoms. The van der Waals surface area contributed by atoms with Gasteiger partial charge in [0.2, 0.25) is 11.8 Å². The number of rotatable bonds is 3. The van der Waals surface area contributed by atoms with Gasteiger partial charge in [0.1, 0.15) is 12.1 Å². The van der Waals surface area contributed by atoms with Crippen molar-refractivity contribution in [1.82, 2.24) is 14.5 Å². The van der Waals surface area contributed by atoms with Crippen molar-refractivity contribution < 1.29 is 14.6 Å². The fourth-order valence-corrected chi connectivity index (χ4v) is 2.10. The molecule has 106 valence electrons. The van der Waals surface area contributed by atoms with E-state index in [1.807, 2.05) is 18.2 Å². The van der Waals surface area contributed by atoms with Gasteiger partial charge < -0.3 is 9.84 Å². The molecule has 0 aliphatic carbocycles. The summed E-state index contributed by atoms with van der Waals surface area (Å²) in [6, 6.07) is 8.84. The molecule has 0 bridgehead atoms. The fourth-order valence-electron chi connectivity index (χ4n) is 2.10. The lowest BCUT2D eigenvalue weighted by Gasteiger charge is -2.06. The molecule has 3 rings (SSSR count). The van der Waals surface area contributed by atoms with Gasteiger partial charge in [-0.3, -0.25) is 9.36 Å². The summed E-state index contributed by atoms with van der Waals surface area (Å²) >= 11 is 0. The largest absolute Gasteiger partial charge is 0.439 e. The Hall–Kier alpha value is -2.73. The van der Waals surface area contributed by atoms with E-state index in [-0.39, 0.29) is 12.5 Å². The highest BCUT2D eigenvalue weighted by atomic mass is 16.5. The zero-order valence-corrected chi connectivity index (χ0v) is 11.4. The number of aliphatic hydroxyl groups excluding tert-OH is 1. The van der Waals surface area contributed by atoms with Crippen LogP contribution in [0.1, 0.15) is 17.4 Å². The molecule has 0 aliphatic rings. The number of aliphatic hydroxyl groups is 1. The van der Waals surface area contributed by atoms with Crippen molar-refractivity contribution in [1.29, 1.82) is 0 Å². The van der Waals surface area contributed by atoms with Gasteiger partial charge in [0.15, 0.2) is 0 Å². The van der Waals surface area contributed by atoms with E-state index < -0.39 is 0 Å². The van der Waals surface area contributed by atoms with Crippen molar-refractivity contribution in [3.05, 3.63) is 48.5 Å². The van der Waals surface area contributed by atoms with Crippen LogP contribution >= 0.6 is 0 Å². The van der Waals surface area contributed by atoms with Gasteiger partial charge in [-0.25, -0.2) is 9.97 Å². The van der Waals surface area contributed by atoms with Gasteiger partial charge >= 0.3 is 0 Å². The molecule has 0 aliphatic heterocycles. The Balaban J connectivity index is 1.92. The van der Waals surface area contributed by atoms with Gasteiger partial charge in [-0.15, -0.1) is 0 Å². The summed E-state index contributed by atoms with van der Waals surface area (Å²) in [5.41, 5.74) is 1.32. The summed E-state index contributed by atoms with van der Waals surface area (Å²) in [4.78, 5) is 19.3. The Kier molecular flexibility index (Phi) is 3.37. The smallest absolute Gasteiger partial charge is 0.227 e. The Morgan fingerprint density at radius 2 is 2.14 bits per heavy atom. The molecule has 0 radical (unpaired) electrons. The second-order valence-electron chi connectivity index (χ2n) is 4.53. The predicted octanol–water partition coefficient (Wildman–Crippen LogP) is 2.38. The molecule has 0 saturated carbocycles. The number of carbonyl (C=O) groups is 1. The number of aromatic nitrogens is 3. The fraction of sp³-hybridized carbons (Fsp3) is 0.133. The first-order chi connectivity index (χ1) is 10.2. The third kappa shape index (κ3) is 2.61. The van der Waals surface area contributed by atoms with Crippen LogP contribution in [-0.4, -0.2) is 25.5 Å². The first-order valence-corrected chi connectivity index (χ1v) is 6.39. The molecule has 0 amide bonds. The zero-order valence-electron chi connectivity index (χ0n) is 11.4. The molecule has 1 N–H and O–H groups in total. The van der Waals surface area contributed by atoms with E-state index in [0.717, 1.165) is 10.9 Å². The van der Waals surface area contributed by atoms with Crippen molar-refractivity contribution in [2.24, 2.45) is 0 Å². The third-order valence-electron chi connectivity index (χ3n) is 3.08. The molecule has 2 aromatic heterocycles. The van der Waals surface area contributed by atoms with Crippen LogP contribution in [-0.2, 0) is 6.61 Å². The van der Waals surface area contributed by atoms with E-state index >= 15 is 0 Å². The van der Waals surface area contributed by atoms with E-state index in [2.05, 4.69) is 9.97 Å². The normalized spacial score (nSPS) is 10.8. The monoisotopic (exact) mass is 283 g/mol. The van der Waals surface area contributed by atoms with Crippen LogP contribution in [0.5, 0.6) is 11.6 Å². The van der Waals surface area contributed by atoms with Gasteiger partial charge in [-0.05, 0) is 24.3 Å². The summed E-state index contributed by atoms with van der Waals surface area (Å²) in [6.45, 7) is 1.35. The van der Waals surface area contributed by atoms with Crippen LogP contribution in [0.3, 0.4) is 0 Å². The van der Waals surface area contributed by atoms with Crippen LogP contribution < -0.4 is 4.74 Å². The Morgan fingerprint density at radius 3 is 2.90 bits per heavy atom. The number of carbonyl (C=O) groups excluding carboxylic acids is 1. The predicted molar refractivity (Wildman–Crippen MR) is 76.3 cm³/mol. The molecule has 0 saturated heterocycles. The number of hydrogen-bond acceptors (Lipinski definition) is 5. The van der Waals surface area contributed by atoms with E-state index in [1.165, 1.54) is 13.3 Å². The number of fused-ring (bicyclic) bond motifs is 1. The van der Waals surface area contributed by atoms with Gasteiger partial charge in [0.05, 0.1) is 17.8 Å². The highest BCUT2D eigenvalue weighted by Gasteiger charge is 2.07. The summed E-state index contributed by atoms with van der Waals surface area (Å²) in [7, 11) is 0. The average molecular weight is 283 g/mol. The molecule has 0 fully saturated rings. The number of nitrogens with zero attached hydrogens (tertiary/aromatic N) is 3. The van der Waals surface area contributed by atoms with Crippen LogP contribution in [0.25, 0.3) is 10.9 Å². The first-order valence-electron chi connectivity index (χ1n) is 6.39. The zero-order chi connectivity index (χ0) is 14.8. The summed E-state index contributed by atoms with van der Waals surface area (Å²) in [5.74, 6) is 0.924. The minimum absolute atomic E-state index is 0.0398. The molecule has 6 heteroatoms. The van der Waals surface area contributed by atoms with Gasteiger partial charge in [-0.2, -0.15) is 0 Å². The third-order valence-corrected chi connectivity index (χ3v) is 3.08. The maximum Gasteiger partial charge on any atom is 0.227 e. The van der Waals surface area contributed by atoms with Crippen LogP contribution in [0.15, 0.2) is 42.9 Å². The molecule has 0 spiro atoms. The Morgan fingerprint density at radius 1 is 1.29 bits per heavy atom. The quantitative estimate of drug-likeness (QED) is 0.798. The number of benzene rings is 1. The van der Waals surface area contributed by atoms with Crippen LogP contribution in [0.2, 0.25) is 0 Å². The van der Waals surface area contributed by atoms with Crippen molar-refractivity contribution in [3.63, 3.8) is 0 Å². The standard InChI is InChI=1S/C15H13N3O3/c1-10(20)18-5-4-11-6-13(2-3-14(11)18)21-15-7-12(8-19)16-9-17-15/h2-7,9,19H,8H2,1H3. The van der Waals surface area contributed by atoms with Gasteiger partial charge in [0, 0.05) is 24.6 Å². The van der Waals surface area contributed by atoms with E-state index in [1.54, 1.807) is 22.9 Å². The second-order valence-corrected chi connectivity index (χ2v) is 4.53. The minimum atomic E-state index is -0.167. The van der Waals surface area contributed by atoms with Crippen molar-refractivity contribution >= 4 is 16.8 Å². The molecule has 6 nitrogen and oxygen atoms in total.